The Morgan fingerprint density at radius 1 is 1.41 bits per heavy atom. The monoisotopic (exact) mass is 232 g/mol. The second kappa shape index (κ2) is 4.36. The van der Waals surface area contributed by atoms with E-state index in [2.05, 4.69) is 39.8 Å². The first-order valence-electron chi connectivity index (χ1n) is 6.64. The molecular weight excluding hydrogens is 208 g/mol. The van der Waals surface area contributed by atoms with Gasteiger partial charge in [0.1, 0.15) is 5.76 Å². The van der Waals surface area contributed by atoms with Gasteiger partial charge in [0.25, 0.3) is 0 Å². The summed E-state index contributed by atoms with van der Waals surface area (Å²) in [7, 11) is 1.78. The molecule has 94 valence electrons. The number of allylic oxidation sites excluding steroid dienone is 4. The van der Waals surface area contributed by atoms with Crippen molar-refractivity contribution in [1.29, 1.82) is 0 Å². The molecule has 0 aromatic heterocycles. The Balaban J connectivity index is 2.51. The van der Waals surface area contributed by atoms with Gasteiger partial charge in [0, 0.05) is 11.0 Å². The Bertz CT molecular complexity index is 407. The lowest BCUT2D eigenvalue weighted by Gasteiger charge is -2.41. The zero-order valence-corrected chi connectivity index (χ0v) is 11.8. The molecule has 0 aliphatic heterocycles. The summed E-state index contributed by atoms with van der Waals surface area (Å²) in [6.07, 6.45) is 8.64. The molecule has 0 N–H and O–H groups in total. The van der Waals surface area contributed by atoms with Crippen LogP contribution in [0.4, 0.5) is 0 Å². The second-order valence-electron chi connectivity index (χ2n) is 5.94. The average Bonchev–Trinajstić information content (AvgIpc) is 2.27. The molecular formula is C16H24O. The molecule has 0 amide bonds. The third-order valence-electron chi connectivity index (χ3n) is 4.30. The van der Waals surface area contributed by atoms with Gasteiger partial charge in [0.15, 0.2) is 0 Å². The number of methoxy groups -OCH3 is 1. The van der Waals surface area contributed by atoms with Gasteiger partial charge in [-0.15, -0.1) is 0 Å². The van der Waals surface area contributed by atoms with Crippen LogP contribution in [-0.2, 0) is 4.74 Å². The number of hydrogen-bond acceptors (Lipinski definition) is 1. The van der Waals surface area contributed by atoms with Crippen LogP contribution in [0.15, 0.2) is 34.6 Å². The van der Waals surface area contributed by atoms with E-state index in [-0.39, 0.29) is 5.41 Å². The molecule has 2 atom stereocenters. The summed E-state index contributed by atoms with van der Waals surface area (Å²) in [4.78, 5) is 0. The molecule has 0 aromatic carbocycles. The summed E-state index contributed by atoms with van der Waals surface area (Å²) >= 11 is 0. The van der Waals surface area contributed by atoms with Gasteiger partial charge in [-0.2, -0.15) is 0 Å². The minimum atomic E-state index is 0.224. The van der Waals surface area contributed by atoms with E-state index in [0.717, 1.165) is 5.76 Å². The summed E-state index contributed by atoms with van der Waals surface area (Å²) in [5, 5.41) is 0. The molecule has 1 fully saturated rings. The molecule has 0 aromatic rings. The molecule has 1 heteroatoms. The first-order chi connectivity index (χ1) is 7.98. The lowest BCUT2D eigenvalue weighted by atomic mass is 9.64. The van der Waals surface area contributed by atoms with Gasteiger partial charge >= 0.3 is 0 Å². The van der Waals surface area contributed by atoms with E-state index < -0.39 is 0 Å². The summed E-state index contributed by atoms with van der Waals surface area (Å²) < 4.78 is 5.57. The lowest BCUT2D eigenvalue weighted by molar-refractivity contribution is 0.267. The van der Waals surface area contributed by atoms with Crippen LogP contribution in [-0.4, -0.2) is 7.11 Å². The van der Waals surface area contributed by atoms with Gasteiger partial charge in [0.2, 0.25) is 0 Å². The van der Waals surface area contributed by atoms with Crippen LogP contribution in [0.1, 0.15) is 47.0 Å². The highest BCUT2D eigenvalue weighted by molar-refractivity contribution is 5.49. The van der Waals surface area contributed by atoms with Gasteiger partial charge in [-0.25, -0.2) is 0 Å². The Morgan fingerprint density at radius 3 is 2.71 bits per heavy atom. The SMILES string of the molecule is COC1=C[C@@]2(C)CCC[C@@H](C)C2=CC1=C(C)C. The number of rotatable bonds is 1. The minimum Gasteiger partial charge on any atom is -0.496 e. The molecule has 17 heavy (non-hydrogen) atoms. The Morgan fingerprint density at radius 2 is 2.12 bits per heavy atom. The van der Waals surface area contributed by atoms with Crippen LogP contribution in [0.3, 0.4) is 0 Å². The molecule has 1 nitrogen and oxygen atoms in total. The number of hydrogen-bond donors (Lipinski definition) is 0. The van der Waals surface area contributed by atoms with Gasteiger partial charge < -0.3 is 4.74 Å². The van der Waals surface area contributed by atoms with Crippen LogP contribution in [0, 0.1) is 11.3 Å². The summed E-state index contributed by atoms with van der Waals surface area (Å²) in [6.45, 7) is 9.04. The van der Waals surface area contributed by atoms with Crippen LogP contribution in [0.5, 0.6) is 0 Å². The minimum absolute atomic E-state index is 0.224. The first kappa shape index (κ1) is 12.5. The molecule has 2 rings (SSSR count). The maximum atomic E-state index is 5.57. The maximum absolute atomic E-state index is 5.57. The zero-order chi connectivity index (χ0) is 12.6. The van der Waals surface area contributed by atoms with E-state index in [9.17, 15) is 0 Å². The van der Waals surface area contributed by atoms with Crippen LogP contribution in [0.2, 0.25) is 0 Å². The largest absolute Gasteiger partial charge is 0.496 e. The first-order valence-corrected chi connectivity index (χ1v) is 6.64. The quantitative estimate of drug-likeness (QED) is 0.641. The standard InChI is InChI=1S/C16H24O/c1-11(2)13-9-14-12(3)7-6-8-16(14,4)10-15(13)17-5/h9-10,12H,6-8H2,1-5H3/t12-,16-/m1/s1. The summed E-state index contributed by atoms with van der Waals surface area (Å²) in [6, 6.07) is 0. The van der Waals surface area contributed by atoms with Crippen LogP contribution < -0.4 is 0 Å². The molecule has 2 aliphatic rings. The predicted molar refractivity (Wildman–Crippen MR) is 72.7 cm³/mol. The normalized spacial score (nSPS) is 32.5. The van der Waals surface area contributed by atoms with Crippen molar-refractivity contribution in [2.75, 3.05) is 7.11 Å². The van der Waals surface area contributed by atoms with Crippen molar-refractivity contribution in [3.8, 4) is 0 Å². The van der Waals surface area contributed by atoms with Gasteiger partial charge in [-0.05, 0) is 38.7 Å². The smallest absolute Gasteiger partial charge is 0.122 e. The highest BCUT2D eigenvalue weighted by Gasteiger charge is 2.37. The van der Waals surface area contributed by atoms with Gasteiger partial charge in [-0.1, -0.05) is 37.5 Å². The topological polar surface area (TPSA) is 9.23 Å². The van der Waals surface area contributed by atoms with E-state index in [1.165, 1.54) is 30.4 Å². The molecule has 1 saturated carbocycles. The van der Waals surface area contributed by atoms with E-state index >= 15 is 0 Å². The van der Waals surface area contributed by atoms with Crippen molar-refractivity contribution < 1.29 is 4.74 Å². The number of ether oxygens (including phenoxy) is 1. The summed E-state index contributed by atoms with van der Waals surface area (Å²) in [5.74, 6) is 1.77. The highest BCUT2D eigenvalue weighted by atomic mass is 16.5. The molecule has 2 aliphatic carbocycles. The van der Waals surface area contributed by atoms with Crippen molar-refractivity contribution >= 4 is 0 Å². The lowest BCUT2D eigenvalue weighted by Crippen LogP contribution is -2.29. The molecule has 0 heterocycles. The third kappa shape index (κ3) is 2.08. The van der Waals surface area contributed by atoms with Crippen molar-refractivity contribution in [2.45, 2.75) is 47.0 Å². The van der Waals surface area contributed by atoms with Gasteiger partial charge in [0.05, 0.1) is 7.11 Å². The van der Waals surface area contributed by atoms with E-state index in [1.54, 1.807) is 12.7 Å². The van der Waals surface area contributed by atoms with Crippen LogP contribution in [0.25, 0.3) is 0 Å². The van der Waals surface area contributed by atoms with Crippen molar-refractivity contribution in [1.82, 2.24) is 0 Å². The molecule has 0 saturated heterocycles. The van der Waals surface area contributed by atoms with Crippen LogP contribution >= 0.6 is 0 Å². The van der Waals surface area contributed by atoms with E-state index in [1.807, 2.05) is 0 Å². The molecule has 0 unspecified atom stereocenters. The van der Waals surface area contributed by atoms with Crippen molar-refractivity contribution in [3.05, 3.63) is 34.6 Å². The fourth-order valence-electron chi connectivity index (χ4n) is 3.25. The van der Waals surface area contributed by atoms with E-state index in [4.69, 9.17) is 4.74 Å². The molecule has 0 bridgehead atoms. The second-order valence-corrected chi connectivity index (χ2v) is 5.94. The Hall–Kier alpha value is -0.980. The Labute approximate surface area is 105 Å². The fraction of sp³-hybridized carbons (Fsp3) is 0.625. The zero-order valence-electron chi connectivity index (χ0n) is 11.8. The highest BCUT2D eigenvalue weighted by Crippen LogP contribution is 2.49. The van der Waals surface area contributed by atoms with Gasteiger partial charge in [-0.3, -0.25) is 0 Å². The Kier molecular flexibility index (Phi) is 3.20. The predicted octanol–water partition coefficient (Wildman–Crippen LogP) is 4.62. The number of fused-ring (bicyclic) bond motifs is 1. The maximum Gasteiger partial charge on any atom is 0.122 e. The third-order valence-corrected chi connectivity index (χ3v) is 4.30. The van der Waals surface area contributed by atoms with E-state index in [0.29, 0.717) is 5.92 Å². The average molecular weight is 232 g/mol. The summed E-state index contributed by atoms with van der Waals surface area (Å²) in [5.41, 5.74) is 4.45. The van der Waals surface area contributed by atoms with Crippen molar-refractivity contribution in [3.63, 3.8) is 0 Å². The molecule has 0 radical (unpaired) electrons. The fourth-order valence-corrected chi connectivity index (χ4v) is 3.25. The van der Waals surface area contributed by atoms with Crippen molar-refractivity contribution in [2.24, 2.45) is 11.3 Å². The molecule has 0 spiro atoms.